The summed E-state index contributed by atoms with van der Waals surface area (Å²) in [5.74, 6) is -1.03. The number of hydrogen-bond acceptors (Lipinski definition) is 4. The molecule has 0 radical (unpaired) electrons. The van der Waals surface area contributed by atoms with Gasteiger partial charge in [0, 0.05) is 28.3 Å². The van der Waals surface area contributed by atoms with Crippen LogP contribution in [0, 0.1) is 5.92 Å². The summed E-state index contributed by atoms with van der Waals surface area (Å²) in [6.07, 6.45) is 0.960. The summed E-state index contributed by atoms with van der Waals surface area (Å²) in [4.78, 5) is 28.7. The van der Waals surface area contributed by atoms with Crippen LogP contribution in [0.5, 0.6) is 0 Å². The van der Waals surface area contributed by atoms with Crippen LogP contribution in [0.3, 0.4) is 0 Å². The highest BCUT2D eigenvalue weighted by Gasteiger charge is 2.29. The number of hydrogen-bond donors (Lipinski definition) is 5. The Bertz CT molecular complexity index is 1020. The van der Waals surface area contributed by atoms with Gasteiger partial charge in [0.15, 0.2) is 0 Å². The lowest BCUT2D eigenvalue weighted by molar-refractivity contribution is -0.135. The molecule has 3 rings (SSSR count). The van der Waals surface area contributed by atoms with E-state index in [-0.39, 0.29) is 18.2 Å². The fourth-order valence-electron chi connectivity index (χ4n) is 3.47. The lowest BCUT2D eigenvalue weighted by Gasteiger charge is -2.27. The summed E-state index contributed by atoms with van der Waals surface area (Å²) >= 11 is 6.07. The number of aromatic amines is 1. The number of rotatable bonds is 9. The van der Waals surface area contributed by atoms with Crippen LogP contribution in [0.2, 0.25) is 5.02 Å². The molecule has 8 heteroatoms. The lowest BCUT2D eigenvalue weighted by Crippen LogP contribution is -2.53. The number of fused-ring (bicyclic) bond motifs is 1. The molecule has 0 spiro atoms. The number of carbonyl (C=O) groups is 2. The quantitative estimate of drug-likeness (QED) is 0.256. The van der Waals surface area contributed by atoms with Crippen LogP contribution in [0.15, 0.2) is 54.6 Å². The van der Waals surface area contributed by atoms with Crippen molar-refractivity contribution in [1.29, 1.82) is 0 Å². The Hall–Kier alpha value is -3.03. The van der Waals surface area contributed by atoms with Crippen LogP contribution in [0.4, 0.5) is 5.69 Å². The number of nitrogens with one attached hydrogen (secondary N) is 4. The Morgan fingerprint density at radius 1 is 1.10 bits per heavy atom. The topological polar surface area (TPSA) is 106 Å². The lowest BCUT2D eigenvalue weighted by atomic mass is 9.97. The third kappa shape index (κ3) is 5.77. The second-order valence-electron chi connectivity index (χ2n) is 7.64. The smallest absolute Gasteiger partial charge is 0.266 e. The SMILES string of the molecule is CC[C@H](C)[C@@H](Nc1cccc(Cl)c1)C(=O)N[C@H](Cc1cc2ccccc2[nH]1)C(=O)NO. The van der Waals surface area contributed by atoms with Gasteiger partial charge in [-0.15, -0.1) is 0 Å². The molecule has 1 aromatic heterocycles. The zero-order valence-electron chi connectivity index (χ0n) is 17.5. The van der Waals surface area contributed by atoms with Crippen molar-refractivity contribution >= 4 is 40.0 Å². The number of halogens is 1. The molecule has 0 aliphatic carbocycles. The summed E-state index contributed by atoms with van der Waals surface area (Å²) in [6.45, 7) is 3.95. The first kappa shape index (κ1) is 22.7. The van der Waals surface area contributed by atoms with Gasteiger partial charge < -0.3 is 15.6 Å². The molecule has 0 bridgehead atoms. The highest BCUT2D eigenvalue weighted by Crippen LogP contribution is 2.20. The molecule has 164 valence electrons. The van der Waals surface area contributed by atoms with E-state index in [0.717, 1.165) is 23.0 Å². The first-order valence-corrected chi connectivity index (χ1v) is 10.6. The zero-order valence-corrected chi connectivity index (χ0v) is 18.2. The Morgan fingerprint density at radius 2 is 1.87 bits per heavy atom. The number of hydroxylamine groups is 1. The number of benzene rings is 2. The van der Waals surface area contributed by atoms with Crippen LogP contribution in [-0.4, -0.2) is 34.1 Å². The Morgan fingerprint density at radius 3 is 2.55 bits per heavy atom. The van der Waals surface area contributed by atoms with Crippen LogP contribution < -0.4 is 16.1 Å². The molecule has 0 saturated carbocycles. The van der Waals surface area contributed by atoms with Crippen molar-refractivity contribution in [2.75, 3.05) is 5.32 Å². The molecule has 2 aromatic carbocycles. The van der Waals surface area contributed by atoms with Crippen molar-refractivity contribution in [3.8, 4) is 0 Å². The van der Waals surface area contributed by atoms with Gasteiger partial charge in [0.1, 0.15) is 12.1 Å². The molecule has 2 amide bonds. The average molecular weight is 443 g/mol. The van der Waals surface area contributed by atoms with Gasteiger partial charge in [-0.1, -0.05) is 56.1 Å². The molecule has 5 N–H and O–H groups in total. The van der Waals surface area contributed by atoms with Gasteiger partial charge in [-0.05, 0) is 41.6 Å². The van der Waals surface area contributed by atoms with Crippen molar-refractivity contribution in [2.24, 2.45) is 5.92 Å². The first-order valence-electron chi connectivity index (χ1n) is 10.2. The summed E-state index contributed by atoms with van der Waals surface area (Å²) in [5.41, 5.74) is 4.09. The van der Waals surface area contributed by atoms with Gasteiger partial charge in [-0.25, -0.2) is 5.48 Å². The molecule has 3 aromatic rings. The minimum Gasteiger partial charge on any atom is -0.373 e. The van der Waals surface area contributed by atoms with E-state index in [2.05, 4.69) is 15.6 Å². The normalized spacial score (nSPS) is 13.9. The number of anilines is 1. The number of H-pyrrole nitrogens is 1. The Labute approximate surface area is 186 Å². The minimum absolute atomic E-state index is 0.00936. The van der Waals surface area contributed by atoms with E-state index in [9.17, 15) is 14.8 Å². The number of para-hydroxylation sites is 1. The minimum atomic E-state index is -0.946. The molecule has 7 nitrogen and oxygen atoms in total. The first-order chi connectivity index (χ1) is 14.9. The van der Waals surface area contributed by atoms with E-state index in [4.69, 9.17) is 11.6 Å². The fourth-order valence-corrected chi connectivity index (χ4v) is 3.66. The third-order valence-corrected chi connectivity index (χ3v) is 5.63. The van der Waals surface area contributed by atoms with E-state index >= 15 is 0 Å². The van der Waals surface area contributed by atoms with E-state index in [1.165, 1.54) is 0 Å². The second kappa shape index (κ2) is 10.3. The van der Waals surface area contributed by atoms with Crippen molar-refractivity contribution < 1.29 is 14.8 Å². The largest absolute Gasteiger partial charge is 0.373 e. The fraction of sp³-hybridized carbons (Fsp3) is 0.304. The van der Waals surface area contributed by atoms with E-state index in [1.807, 2.05) is 50.2 Å². The Balaban J connectivity index is 1.78. The zero-order chi connectivity index (χ0) is 22.4. The van der Waals surface area contributed by atoms with Crippen LogP contribution in [-0.2, 0) is 16.0 Å². The standard InChI is InChI=1S/C23H27ClN4O3/c1-3-14(2)21(26-17-9-6-8-16(24)12-17)23(30)27-20(22(29)28-31)13-18-11-15-7-4-5-10-19(15)25-18/h4-12,14,20-21,25-26,31H,3,13H2,1-2H3,(H,27,30)(H,28,29)/t14-,20+,21+/m0/s1. The highest BCUT2D eigenvalue weighted by atomic mass is 35.5. The molecular formula is C23H27ClN4O3. The maximum absolute atomic E-state index is 13.1. The van der Waals surface area contributed by atoms with Crippen molar-refractivity contribution in [3.05, 3.63) is 65.3 Å². The second-order valence-corrected chi connectivity index (χ2v) is 8.08. The van der Waals surface area contributed by atoms with Crippen LogP contribution in [0.25, 0.3) is 10.9 Å². The molecule has 3 atom stereocenters. The van der Waals surface area contributed by atoms with E-state index in [0.29, 0.717) is 10.7 Å². The summed E-state index contributed by atoms with van der Waals surface area (Å²) in [5, 5.41) is 16.8. The predicted octanol–water partition coefficient (Wildman–Crippen LogP) is 3.88. The maximum atomic E-state index is 13.1. The summed E-state index contributed by atoms with van der Waals surface area (Å²) in [7, 11) is 0. The van der Waals surface area contributed by atoms with Crippen LogP contribution >= 0.6 is 11.6 Å². The average Bonchev–Trinajstić information content (AvgIpc) is 3.18. The van der Waals surface area contributed by atoms with Gasteiger partial charge in [0.25, 0.3) is 5.91 Å². The van der Waals surface area contributed by atoms with E-state index in [1.54, 1.807) is 23.7 Å². The van der Waals surface area contributed by atoms with Crippen molar-refractivity contribution in [1.82, 2.24) is 15.8 Å². The van der Waals surface area contributed by atoms with Crippen molar-refractivity contribution in [3.63, 3.8) is 0 Å². The van der Waals surface area contributed by atoms with Crippen molar-refractivity contribution in [2.45, 2.75) is 38.8 Å². The Kier molecular flexibility index (Phi) is 7.55. The van der Waals surface area contributed by atoms with Gasteiger partial charge in [-0.2, -0.15) is 0 Å². The molecule has 0 fully saturated rings. The number of aromatic nitrogens is 1. The monoisotopic (exact) mass is 442 g/mol. The number of amides is 2. The van der Waals surface area contributed by atoms with Gasteiger partial charge >= 0.3 is 0 Å². The summed E-state index contributed by atoms with van der Waals surface area (Å²) < 4.78 is 0. The van der Waals surface area contributed by atoms with Crippen LogP contribution in [0.1, 0.15) is 26.0 Å². The molecule has 1 heterocycles. The van der Waals surface area contributed by atoms with E-state index < -0.39 is 18.0 Å². The molecule has 31 heavy (non-hydrogen) atoms. The molecular weight excluding hydrogens is 416 g/mol. The highest BCUT2D eigenvalue weighted by molar-refractivity contribution is 6.30. The molecule has 0 unspecified atom stereocenters. The molecule has 0 saturated heterocycles. The molecule has 0 aliphatic heterocycles. The van der Waals surface area contributed by atoms with Gasteiger partial charge in [0.2, 0.25) is 5.91 Å². The molecule has 0 aliphatic rings. The summed E-state index contributed by atoms with van der Waals surface area (Å²) in [6, 6.07) is 15.3. The maximum Gasteiger partial charge on any atom is 0.266 e. The van der Waals surface area contributed by atoms with Gasteiger partial charge in [-0.3, -0.25) is 14.8 Å². The predicted molar refractivity (Wildman–Crippen MR) is 122 cm³/mol. The number of carbonyl (C=O) groups excluding carboxylic acids is 2. The third-order valence-electron chi connectivity index (χ3n) is 5.40. The van der Waals surface area contributed by atoms with Gasteiger partial charge in [0.05, 0.1) is 0 Å².